The normalized spacial score (nSPS) is 10.7. The number of hydrogen-bond acceptors (Lipinski definition) is 4. The summed E-state index contributed by atoms with van der Waals surface area (Å²) < 4.78 is 40.3. The van der Waals surface area contributed by atoms with Crippen molar-refractivity contribution in [2.24, 2.45) is 0 Å². The van der Waals surface area contributed by atoms with Crippen LogP contribution in [0.25, 0.3) is 0 Å². The lowest BCUT2D eigenvalue weighted by atomic mass is 10.1. The van der Waals surface area contributed by atoms with Crippen LogP contribution in [0.5, 0.6) is 0 Å². The van der Waals surface area contributed by atoms with Crippen molar-refractivity contribution in [2.45, 2.75) is 4.90 Å². The Morgan fingerprint density at radius 3 is 2.36 bits per heavy atom. The van der Waals surface area contributed by atoms with Crippen LogP contribution in [0.15, 0.2) is 77.7 Å². The molecule has 8 heteroatoms. The van der Waals surface area contributed by atoms with Gasteiger partial charge in [0.05, 0.1) is 21.8 Å². The van der Waals surface area contributed by atoms with Gasteiger partial charge in [-0.2, -0.15) is 5.26 Å². The Bertz CT molecular complexity index is 1170. The van der Waals surface area contributed by atoms with Crippen molar-refractivity contribution < 1.29 is 17.6 Å². The number of anilines is 2. The molecule has 0 saturated heterocycles. The van der Waals surface area contributed by atoms with Crippen LogP contribution in [-0.2, 0) is 10.0 Å². The van der Waals surface area contributed by atoms with Crippen LogP contribution in [0, 0.1) is 17.1 Å². The van der Waals surface area contributed by atoms with Gasteiger partial charge in [-0.1, -0.05) is 18.2 Å². The van der Waals surface area contributed by atoms with Gasteiger partial charge in [-0.05, 0) is 54.6 Å². The number of sulfonamides is 1. The lowest BCUT2D eigenvalue weighted by molar-refractivity contribution is 0.102. The zero-order chi connectivity index (χ0) is 20.1. The van der Waals surface area contributed by atoms with E-state index in [1.807, 2.05) is 6.07 Å². The summed E-state index contributed by atoms with van der Waals surface area (Å²) in [5.41, 5.74) is 0.987. The van der Waals surface area contributed by atoms with Crippen LogP contribution in [0.4, 0.5) is 15.8 Å². The summed E-state index contributed by atoms with van der Waals surface area (Å²) in [6, 6.07) is 18.8. The average Bonchev–Trinajstić information content (AvgIpc) is 2.68. The van der Waals surface area contributed by atoms with Gasteiger partial charge in [0.2, 0.25) is 0 Å². The minimum absolute atomic E-state index is 0.0780. The van der Waals surface area contributed by atoms with Gasteiger partial charge < -0.3 is 5.32 Å². The van der Waals surface area contributed by atoms with Crippen molar-refractivity contribution in [3.05, 3.63) is 89.7 Å². The molecule has 1 amide bonds. The van der Waals surface area contributed by atoms with E-state index in [0.717, 1.165) is 6.07 Å². The van der Waals surface area contributed by atoms with Crippen LogP contribution < -0.4 is 10.0 Å². The van der Waals surface area contributed by atoms with E-state index in [4.69, 9.17) is 5.26 Å². The first kappa shape index (κ1) is 19.1. The van der Waals surface area contributed by atoms with E-state index in [9.17, 15) is 17.6 Å². The largest absolute Gasteiger partial charge is 0.321 e. The molecule has 0 aromatic heterocycles. The first-order valence-electron chi connectivity index (χ1n) is 8.08. The zero-order valence-electron chi connectivity index (χ0n) is 14.4. The highest BCUT2D eigenvalue weighted by Gasteiger charge is 2.16. The predicted octanol–water partition coefficient (Wildman–Crippen LogP) is 3.75. The SMILES string of the molecule is N#Cc1ccccc1NC(=O)c1ccc(S(=O)(=O)Nc2cccc(F)c2)cc1. The average molecular weight is 395 g/mol. The maximum Gasteiger partial charge on any atom is 0.261 e. The summed E-state index contributed by atoms with van der Waals surface area (Å²) in [4.78, 5) is 12.3. The Balaban J connectivity index is 1.77. The van der Waals surface area contributed by atoms with Crippen molar-refractivity contribution in [1.82, 2.24) is 0 Å². The Morgan fingerprint density at radius 1 is 0.964 bits per heavy atom. The standard InChI is InChI=1S/C20H14FN3O3S/c21-16-5-3-6-17(12-16)24-28(26,27)18-10-8-14(9-11-18)20(25)23-19-7-2-1-4-15(19)13-22/h1-12,24H,(H,23,25). The summed E-state index contributed by atoms with van der Waals surface area (Å²) in [5, 5.41) is 11.7. The number of amides is 1. The molecular weight excluding hydrogens is 381 g/mol. The molecule has 3 rings (SSSR count). The number of para-hydroxylation sites is 1. The van der Waals surface area contributed by atoms with E-state index < -0.39 is 21.7 Å². The van der Waals surface area contributed by atoms with Crippen molar-refractivity contribution >= 4 is 27.3 Å². The third-order valence-corrected chi connectivity index (χ3v) is 5.20. The fourth-order valence-corrected chi connectivity index (χ4v) is 3.49. The number of benzene rings is 3. The molecule has 0 saturated carbocycles. The zero-order valence-corrected chi connectivity index (χ0v) is 15.2. The first-order chi connectivity index (χ1) is 13.4. The molecule has 0 spiro atoms. The van der Waals surface area contributed by atoms with Gasteiger partial charge in [0.15, 0.2) is 0 Å². The maximum atomic E-state index is 13.2. The van der Waals surface area contributed by atoms with E-state index in [0.29, 0.717) is 11.3 Å². The third kappa shape index (κ3) is 4.34. The first-order valence-corrected chi connectivity index (χ1v) is 9.56. The second-order valence-electron chi connectivity index (χ2n) is 5.75. The minimum Gasteiger partial charge on any atom is -0.321 e. The molecule has 0 aliphatic rings. The molecule has 0 heterocycles. The lowest BCUT2D eigenvalue weighted by Crippen LogP contribution is -2.15. The molecule has 6 nitrogen and oxygen atoms in total. The van der Waals surface area contributed by atoms with Gasteiger partial charge in [0.1, 0.15) is 11.9 Å². The topological polar surface area (TPSA) is 99.1 Å². The van der Waals surface area contributed by atoms with E-state index in [1.54, 1.807) is 24.3 Å². The lowest BCUT2D eigenvalue weighted by Gasteiger charge is -2.10. The van der Waals surface area contributed by atoms with Gasteiger partial charge in [-0.25, -0.2) is 12.8 Å². The molecule has 0 atom stereocenters. The van der Waals surface area contributed by atoms with Gasteiger partial charge in [0, 0.05) is 5.56 Å². The second kappa shape index (κ2) is 7.90. The Hall–Kier alpha value is -3.70. The summed E-state index contributed by atoms with van der Waals surface area (Å²) >= 11 is 0. The van der Waals surface area contributed by atoms with Crippen molar-refractivity contribution in [3.8, 4) is 6.07 Å². The summed E-state index contributed by atoms with van der Waals surface area (Å²) in [7, 11) is -3.93. The highest BCUT2D eigenvalue weighted by atomic mass is 32.2. The van der Waals surface area contributed by atoms with E-state index in [1.165, 1.54) is 42.5 Å². The summed E-state index contributed by atoms with van der Waals surface area (Å²) in [5.74, 6) is -1.05. The number of nitriles is 1. The van der Waals surface area contributed by atoms with Crippen molar-refractivity contribution in [2.75, 3.05) is 10.0 Å². The number of halogens is 1. The van der Waals surface area contributed by atoms with Crippen LogP contribution >= 0.6 is 0 Å². The Labute approximate surface area is 161 Å². The monoisotopic (exact) mass is 395 g/mol. The molecule has 3 aromatic carbocycles. The number of carbonyl (C=O) groups is 1. The van der Waals surface area contributed by atoms with E-state index >= 15 is 0 Å². The van der Waals surface area contributed by atoms with E-state index in [-0.39, 0.29) is 16.1 Å². The summed E-state index contributed by atoms with van der Waals surface area (Å²) in [6.07, 6.45) is 0. The molecule has 28 heavy (non-hydrogen) atoms. The Kier molecular flexibility index (Phi) is 5.38. The van der Waals surface area contributed by atoms with Gasteiger partial charge >= 0.3 is 0 Å². The van der Waals surface area contributed by atoms with Crippen molar-refractivity contribution in [1.29, 1.82) is 5.26 Å². The molecule has 0 fully saturated rings. The number of nitrogens with one attached hydrogen (secondary N) is 2. The molecule has 3 aromatic rings. The predicted molar refractivity (Wildman–Crippen MR) is 103 cm³/mol. The maximum absolute atomic E-state index is 13.2. The van der Waals surface area contributed by atoms with Gasteiger partial charge in [-0.15, -0.1) is 0 Å². The quantitative estimate of drug-likeness (QED) is 0.687. The fourth-order valence-electron chi connectivity index (χ4n) is 2.44. The molecule has 0 bridgehead atoms. The van der Waals surface area contributed by atoms with Gasteiger partial charge in [0.25, 0.3) is 15.9 Å². The molecule has 2 N–H and O–H groups in total. The second-order valence-corrected chi connectivity index (χ2v) is 7.43. The number of carbonyl (C=O) groups excluding carboxylic acids is 1. The fraction of sp³-hybridized carbons (Fsp3) is 0. The van der Waals surface area contributed by atoms with Crippen LogP contribution in [0.3, 0.4) is 0 Å². The van der Waals surface area contributed by atoms with Gasteiger partial charge in [-0.3, -0.25) is 9.52 Å². The molecular formula is C20H14FN3O3S. The number of rotatable bonds is 5. The van der Waals surface area contributed by atoms with Crippen LogP contribution in [0.1, 0.15) is 15.9 Å². The number of nitrogens with zero attached hydrogens (tertiary/aromatic N) is 1. The highest BCUT2D eigenvalue weighted by Crippen LogP contribution is 2.19. The molecule has 0 aliphatic carbocycles. The third-order valence-electron chi connectivity index (χ3n) is 3.80. The smallest absolute Gasteiger partial charge is 0.261 e. The van der Waals surface area contributed by atoms with Crippen molar-refractivity contribution in [3.63, 3.8) is 0 Å². The molecule has 0 unspecified atom stereocenters. The van der Waals surface area contributed by atoms with E-state index in [2.05, 4.69) is 10.0 Å². The van der Waals surface area contributed by atoms with Crippen LogP contribution in [-0.4, -0.2) is 14.3 Å². The molecule has 0 aliphatic heterocycles. The van der Waals surface area contributed by atoms with Crippen LogP contribution in [0.2, 0.25) is 0 Å². The molecule has 140 valence electrons. The molecule has 0 radical (unpaired) electrons. The summed E-state index contributed by atoms with van der Waals surface area (Å²) in [6.45, 7) is 0. The number of hydrogen-bond donors (Lipinski definition) is 2. The Morgan fingerprint density at radius 2 is 1.68 bits per heavy atom. The minimum atomic E-state index is -3.93. The highest BCUT2D eigenvalue weighted by molar-refractivity contribution is 7.92.